The largest absolute Gasteiger partial charge is 0.301 e. The maximum Gasteiger partial charge on any atom is 0.301 e. The predicted octanol–water partition coefficient (Wildman–Crippen LogP) is 4.95. The van der Waals surface area contributed by atoms with Crippen LogP contribution in [-0.4, -0.2) is 15.6 Å². The fourth-order valence-electron chi connectivity index (χ4n) is 2.81. The van der Waals surface area contributed by atoms with Gasteiger partial charge >= 0.3 is 5.69 Å². The number of aryl methyl sites for hydroxylation is 1. The molecular formula is C21H18N4O4. The normalized spacial score (nSPS) is 11.1. The first-order valence-corrected chi connectivity index (χ1v) is 8.89. The summed E-state index contributed by atoms with van der Waals surface area (Å²) in [6, 6.07) is 22.8. The summed E-state index contributed by atoms with van der Waals surface area (Å²) in [6.45, 7) is 0. The molecule has 3 aromatic rings. The third kappa shape index (κ3) is 5.23. The second-order valence-electron chi connectivity index (χ2n) is 6.24. The molecule has 0 bridgehead atoms. The highest BCUT2D eigenvalue weighted by atomic mass is 16.6. The van der Waals surface area contributed by atoms with Gasteiger partial charge in [-0.3, -0.25) is 25.7 Å². The lowest BCUT2D eigenvalue weighted by molar-refractivity contribution is -0.393. The van der Waals surface area contributed by atoms with Crippen molar-refractivity contribution in [3.05, 3.63) is 110 Å². The molecule has 146 valence electrons. The van der Waals surface area contributed by atoms with Crippen molar-refractivity contribution in [1.29, 1.82) is 0 Å². The fraction of sp³-hybridized carbons (Fsp3) is 0.0952. The average molecular weight is 390 g/mol. The fourth-order valence-corrected chi connectivity index (χ4v) is 2.81. The van der Waals surface area contributed by atoms with Crippen LogP contribution in [0.15, 0.2) is 84.0 Å². The minimum Gasteiger partial charge on any atom is -0.271 e. The Kier molecular flexibility index (Phi) is 6.26. The first-order chi connectivity index (χ1) is 14.0. The maximum atomic E-state index is 11.3. The Hall–Kier alpha value is -4.07. The van der Waals surface area contributed by atoms with Gasteiger partial charge in [-0.1, -0.05) is 60.7 Å². The number of nitro groups is 2. The van der Waals surface area contributed by atoms with Crippen LogP contribution in [0.5, 0.6) is 0 Å². The molecule has 0 saturated carbocycles. The summed E-state index contributed by atoms with van der Waals surface area (Å²) in [4.78, 5) is 20.9. The number of hydrogen-bond acceptors (Lipinski definition) is 6. The summed E-state index contributed by atoms with van der Waals surface area (Å²) in [7, 11) is 0. The van der Waals surface area contributed by atoms with Crippen LogP contribution in [0.3, 0.4) is 0 Å². The van der Waals surface area contributed by atoms with Crippen molar-refractivity contribution in [3.8, 4) is 0 Å². The van der Waals surface area contributed by atoms with Gasteiger partial charge in [-0.15, -0.1) is 0 Å². The molecule has 0 spiro atoms. The standard InChI is InChI=1S/C21H18N4O4/c26-24(27)18-12-14-20(21(15-18)25(28)29)23-22-19(17-9-5-2-6-10-17)13-11-16-7-3-1-4-8-16/h1-10,12,14-15,23H,11,13H2/b22-19+. The molecule has 0 aliphatic carbocycles. The smallest absolute Gasteiger partial charge is 0.271 e. The van der Waals surface area contributed by atoms with Crippen molar-refractivity contribution in [2.75, 3.05) is 5.43 Å². The van der Waals surface area contributed by atoms with Crippen LogP contribution >= 0.6 is 0 Å². The number of hydrazone groups is 1. The summed E-state index contributed by atoms with van der Waals surface area (Å²) in [5.41, 5.74) is 4.82. The summed E-state index contributed by atoms with van der Waals surface area (Å²) in [6.07, 6.45) is 1.36. The van der Waals surface area contributed by atoms with E-state index in [1.807, 2.05) is 60.7 Å². The SMILES string of the molecule is O=[N+]([O-])c1ccc(N/N=C(\CCc2ccccc2)c2ccccc2)c([N+](=O)[O-])c1. The van der Waals surface area contributed by atoms with E-state index in [1.54, 1.807) is 0 Å². The van der Waals surface area contributed by atoms with Crippen molar-refractivity contribution in [2.24, 2.45) is 5.10 Å². The first-order valence-electron chi connectivity index (χ1n) is 8.89. The molecule has 3 rings (SSSR count). The van der Waals surface area contributed by atoms with Gasteiger partial charge in [0.1, 0.15) is 5.69 Å². The molecule has 0 amide bonds. The van der Waals surface area contributed by atoms with Crippen molar-refractivity contribution in [2.45, 2.75) is 12.8 Å². The van der Waals surface area contributed by atoms with Gasteiger partial charge in [-0.25, -0.2) is 0 Å². The van der Waals surface area contributed by atoms with E-state index in [9.17, 15) is 20.2 Å². The Morgan fingerprint density at radius 3 is 2.14 bits per heavy atom. The lowest BCUT2D eigenvalue weighted by Crippen LogP contribution is -2.07. The van der Waals surface area contributed by atoms with Crippen LogP contribution in [0.4, 0.5) is 17.1 Å². The van der Waals surface area contributed by atoms with Gasteiger partial charge in [0, 0.05) is 6.07 Å². The lowest BCUT2D eigenvalue weighted by Gasteiger charge is -2.09. The number of anilines is 1. The molecule has 0 atom stereocenters. The topological polar surface area (TPSA) is 111 Å². The second kappa shape index (κ2) is 9.23. The Labute approximate surface area is 166 Å². The van der Waals surface area contributed by atoms with E-state index >= 15 is 0 Å². The van der Waals surface area contributed by atoms with E-state index in [2.05, 4.69) is 10.5 Å². The molecule has 0 aliphatic heterocycles. The lowest BCUT2D eigenvalue weighted by atomic mass is 10.0. The molecule has 3 aromatic carbocycles. The quantitative estimate of drug-likeness (QED) is 0.332. The van der Waals surface area contributed by atoms with E-state index in [0.717, 1.165) is 29.3 Å². The first kappa shape index (κ1) is 19.7. The monoisotopic (exact) mass is 390 g/mol. The summed E-state index contributed by atoms with van der Waals surface area (Å²) in [5, 5.41) is 26.6. The molecule has 0 saturated heterocycles. The molecule has 8 nitrogen and oxygen atoms in total. The zero-order chi connectivity index (χ0) is 20.6. The van der Waals surface area contributed by atoms with Gasteiger partial charge in [0.25, 0.3) is 5.69 Å². The Morgan fingerprint density at radius 1 is 0.862 bits per heavy atom. The van der Waals surface area contributed by atoms with Gasteiger partial charge in [-0.05, 0) is 30.0 Å². The van der Waals surface area contributed by atoms with Gasteiger partial charge in [0.15, 0.2) is 0 Å². The summed E-state index contributed by atoms with van der Waals surface area (Å²) >= 11 is 0. The second-order valence-corrected chi connectivity index (χ2v) is 6.24. The number of rotatable bonds is 8. The van der Waals surface area contributed by atoms with Crippen LogP contribution in [0.2, 0.25) is 0 Å². The van der Waals surface area contributed by atoms with Crippen molar-refractivity contribution in [3.63, 3.8) is 0 Å². The van der Waals surface area contributed by atoms with E-state index in [-0.39, 0.29) is 11.4 Å². The molecule has 8 heteroatoms. The third-order valence-electron chi connectivity index (χ3n) is 4.30. The van der Waals surface area contributed by atoms with Crippen molar-refractivity contribution in [1.82, 2.24) is 0 Å². The van der Waals surface area contributed by atoms with Crippen LogP contribution in [0, 0.1) is 20.2 Å². The van der Waals surface area contributed by atoms with Crippen LogP contribution < -0.4 is 5.43 Å². The van der Waals surface area contributed by atoms with E-state index in [0.29, 0.717) is 6.42 Å². The minimum atomic E-state index is -0.671. The molecular weight excluding hydrogens is 372 g/mol. The van der Waals surface area contributed by atoms with Crippen LogP contribution in [0.25, 0.3) is 0 Å². The summed E-state index contributed by atoms with van der Waals surface area (Å²) < 4.78 is 0. The molecule has 0 fully saturated rings. The van der Waals surface area contributed by atoms with Crippen molar-refractivity contribution < 1.29 is 9.85 Å². The number of non-ortho nitro benzene ring substituents is 1. The number of benzene rings is 3. The Morgan fingerprint density at radius 2 is 1.52 bits per heavy atom. The molecule has 0 aliphatic rings. The van der Waals surface area contributed by atoms with E-state index < -0.39 is 15.5 Å². The van der Waals surface area contributed by atoms with Crippen LogP contribution in [0.1, 0.15) is 17.5 Å². The van der Waals surface area contributed by atoms with Gasteiger partial charge < -0.3 is 0 Å². The number of nitrogens with one attached hydrogen (secondary N) is 1. The minimum absolute atomic E-state index is 0.0914. The third-order valence-corrected chi connectivity index (χ3v) is 4.30. The van der Waals surface area contributed by atoms with E-state index in [4.69, 9.17) is 0 Å². The number of hydrogen-bond donors (Lipinski definition) is 1. The van der Waals surface area contributed by atoms with Gasteiger partial charge in [0.05, 0.1) is 21.6 Å². The predicted molar refractivity (Wildman–Crippen MR) is 111 cm³/mol. The van der Waals surface area contributed by atoms with Gasteiger partial charge in [0.2, 0.25) is 0 Å². The number of nitrogens with zero attached hydrogens (tertiary/aromatic N) is 3. The highest BCUT2D eigenvalue weighted by Crippen LogP contribution is 2.29. The van der Waals surface area contributed by atoms with Gasteiger partial charge in [-0.2, -0.15) is 5.10 Å². The Bertz CT molecular complexity index is 1040. The molecule has 29 heavy (non-hydrogen) atoms. The molecule has 0 aromatic heterocycles. The van der Waals surface area contributed by atoms with Crippen molar-refractivity contribution >= 4 is 22.8 Å². The molecule has 0 unspecified atom stereocenters. The Balaban J connectivity index is 1.88. The molecule has 0 radical (unpaired) electrons. The summed E-state index contributed by atoms with van der Waals surface area (Å²) in [5.74, 6) is 0. The van der Waals surface area contributed by atoms with Crippen LogP contribution in [-0.2, 0) is 6.42 Å². The average Bonchev–Trinajstić information content (AvgIpc) is 2.75. The van der Waals surface area contributed by atoms with E-state index in [1.165, 1.54) is 12.1 Å². The molecule has 1 N–H and O–H groups in total. The number of nitro benzene ring substituents is 2. The highest BCUT2D eigenvalue weighted by Gasteiger charge is 2.19. The zero-order valence-corrected chi connectivity index (χ0v) is 15.4. The maximum absolute atomic E-state index is 11.3. The highest BCUT2D eigenvalue weighted by molar-refractivity contribution is 6.01. The zero-order valence-electron chi connectivity index (χ0n) is 15.4. The molecule has 0 heterocycles.